The number of hydrogen-bond donors (Lipinski definition) is 0. The third kappa shape index (κ3) is 3.03. The summed E-state index contributed by atoms with van der Waals surface area (Å²) in [6.45, 7) is 0. The number of rotatable bonds is 2. The number of carbonyl (C=O) groups excluding carboxylic acids is 2. The predicted molar refractivity (Wildman–Crippen MR) is 135 cm³/mol. The first-order chi connectivity index (χ1) is 17.6. The molecule has 6 nitrogen and oxygen atoms in total. The highest BCUT2D eigenvalue weighted by molar-refractivity contribution is 6.30. The molecular weight excluding hydrogens is 448 g/mol. The van der Waals surface area contributed by atoms with Gasteiger partial charge >= 0.3 is 0 Å². The average Bonchev–Trinajstić information content (AvgIpc) is 3.39. The second-order valence-corrected chi connectivity index (χ2v) is 8.38. The fraction of sp³-hybridized carbons (Fsp3) is 0. The van der Waals surface area contributed by atoms with Crippen LogP contribution < -0.4 is 9.80 Å². The number of nitriles is 2. The maximum absolute atomic E-state index is 13.9. The molecule has 0 spiro atoms. The Balaban J connectivity index is 1.64. The van der Waals surface area contributed by atoms with Crippen LogP contribution in [0.25, 0.3) is 0 Å². The molecule has 2 aliphatic heterocycles. The van der Waals surface area contributed by atoms with E-state index in [1.165, 1.54) is 0 Å². The minimum atomic E-state index is -0.259. The highest BCUT2D eigenvalue weighted by atomic mass is 16.1. The Morgan fingerprint density at radius 3 is 1.22 bits per heavy atom. The first-order valence-electron chi connectivity index (χ1n) is 11.2. The molecule has 0 saturated carbocycles. The second kappa shape index (κ2) is 8.09. The van der Waals surface area contributed by atoms with Crippen LogP contribution in [-0.2, 0) is 0 Å². The summed E-state index contributed by atoms with van der Waals surface area (Å²) in [5.74, 6) is -0.519. The van der Waals surface area contributed by atoms with Gasteiger partial charge in [0, 0.05) is 22.5 Å². The summed E-state index contributed by atoms with van der Waals surface area (Å²) < 4.78 is 0. The summed E-state index contributed by atoms with van der Waals surface area (Å²) in [6.07, 6.45) is 0. The molecule has 0 atom stereocenters. The SMILES string of the molecule is N#Cc1ccc(N2/C(=C3\C(=O)c4ccccc4N3c3ccc(C#N)cc3)C(=O)c3ccccc32)cc1. The first-order valence-corrected chi connectivity index (χ1v) is 11.2. The maximum atomic E-state index is 13.9. The van der Waals surface area contributed by atoms with Crippen LogP contribution in [0.15, 0.2) is 108 Å². The largest absolute Gasteiger partial charge is 0.304 e. The fourth-order valence-electron chi connectivity index (χ4n) is 4.75. The summed E-state index contributed by atoms with van der Waals surface area (Å²) in [5, 5.41) is 18.5. The molecule has 0 aliphatic carbocycles. The third-order valence-electron chi connectivity index (χ3n) is 6.39. The van der Waals surface area contributed by atoms with Crippen molar-refractivity contribution < 1.29 is 9.59 Å². The van der Waals surface area contributed by atoms with Crippen molar-refractivity contribution in [3.8, 4) is 12.1 Å². The van der Waals surface area contributed by atoms with E-state index in [2.05, 4.69) is 12.1 Å². The molecule has 0 amide bonds. The van der Waals surface area contributed by atoms with E-state index in [0.717, 1.165) is 0 Å². The molecule has 0 saturated heterocycles. The summed E-state index contributed by atoms with van der Waals surface area (Å²) in [5.41, 5.74) is 5.12. The molecule has 168 valence electrons. The number of nitrogens with zero attached hydrogens (tertiary/aromatic N) is 4. The molecule has 0 aromatic heterocycles. The van der Waals surface area contributed by atoms with Crippen molar-refractivity contribution in [3.63, 3.8) is 0 Å². The summed E-state index contributed by atoms with van der Waals surface area (Å²) in [7, 11) is 0. The lowest BCUT2D eigenvalue weighted by Crippen LogP contribution is -2.25. The van der Waals surface area contributed by atoms with E-state index in [9.17, 15) is 20.1 Å². The van der Waals surface area contributed by atoms with Gasteiger partial charge in [-0.1, -0.05) is 24.3 Å². The average molecular weight is 464 g/mol. The van der Waals surface area contributed by atoms with Gasteiger partial charge in [0.25, 0.3) is 0 Å². The Hall–Kier alpha value is -5.46. The number of fused-ring (bicyclic) bond motifs is 2. The molecule has 2 heterocycles. The molecule has 36 heavy (non-hydrogen) atoms. The van der Waals surface area contributed by atoms with Crippen molar-refractivity contribution in [2.45, 2.75) is 0 Å². The van der Waals surface area contributed by atoms with Gasteiger partial charge in [-0.3, -0.25) is 9.59 Å². The van der Waals surface area contributed by atoms with Crippen molar-refractivity contribution in [2.24, 2.45) is 0 Å². The molecule has 4 aromatic carbocycles. The minimum Gasteiger partial charge on any atom is -0.304 e. The molecule has 0 N–H and O–H groups in total. The molecular formula is C30H16N4O2. The molecule has 0 bridgehead atoms. The van der Waals surface area contributed by atoms with Crippen LogP contribution in [0.5, 0.6) is 0 Å². The maximum Gasteiger partial charge on any atom is 0.214 e. The van der Waals surface area contributed by atoms with E-state index < -0.39 is 0 Å². The molecule has 0 fully saturated rings. The lowest BCUT2D eigenvalue weighted by Gasteiger charge is -2.26. The highest BCUT2D eigenvalue weighted by Gasteiger charge is 2.43. The Morgan fingerprint density at radius 1 is 0.500 bits per heavy atom. The van der Waals surface area contributed by atoms with Gasteiger partial charge in [-0.05, 0) is 72.8 Å². The Bertz CT molecular complexity index is 1560. The van der Waals surface area contributed by atoms with E-state index in [-0.39, 0.29) is 23.0 Å². The van der Waals surface area contributed by atoms with Crippen LogP contribution in [0.3, 0.4) is 0 Å². The van der Waals surface area contributed by atoms with Crippen LogP contribution >= 0.6 is 0 Å². The quantitative estimate of drug-likeness (QED) is 0.338. The lowest BCUT2D eigenvalue weighted by molar-refractivity contribution is 0.101. The van der Waals surface area contributed by atoms with Crippen molar-refractivity contribution in [3.05, 3.63) is 131 Å². The van der Waals surface area contributed by atoms with Crippen molar-refractivity contribution in [2.75, 3.05) is 9.80 Å². The van der Waals surface area contributed by atoms with Gasteiger partial charge in [-0.2, -0.15) is 10.5 Å². The van der Waals surface area contributed by atoms with Crippen LogP contribution in [0.4, 0.5) is 22.7 Å². The van der Waals surface area contributed by atoms with Crippen LogP contribution in [0, 0.1) is 22.7 Å². The smallest absolute Gasteiger partial charge is 0.214 e. The van der Waals surface area contributed by atoms with Gasteiger partial charge in [-0.25, -0.2) is 0 Å². The van der Waals surface area contributed by atoms with Gasteiger partial charge < -0.3 is 9.80 Å². The predicted octanol–water partition coefficient (Wildman–Crippen LogP) is 6.01. The Morgan fingerprint density at radius 2 is 0.861 bits per heavy atom. The number of Topliss-reactive ketones (excluding diaryl/α,β-unsaturated/α-hetero) is 2. The highest BCUT2D eigenvalue weighted by Crippen LogP contribution is 2.48. The standard InChI is InChI=1S/C30H16N4O2/c31-17-19-9-13-21(14-10-19)33-25-7-3-1-5-23(25)29(35)27(33)28-30(36)24-6-2-4-8-26(24)34(28)22-15-11-20(18-32)12-16-22/h1-16H/b28-27+. The van der Waals surface area contributed by atoms with Gasteiger partial charge in [0.2, 0.25) is 11.6 Å². The zero-order valence-corrected chi connectivity index (χ0v) is 18.8. The number of ketones is 2. The van der Waals surface area contributed by atoms with E-state index in [0.29, 0.717) is 45.0 Å². The number of carbonyl (C=O) groups is 2. The third-order valence-corrected chi connectivity index (χ3v) is 6.39. The summed E-state index contributed by atoms with van der Waals surface area (Å²) in [6, 6.07) is 32.5. The lowest BCUT2D eigenvalue weighted by atomic mass is 10.1. The van der Waals surface area contributed by atoms with Crippen molar-refractivity contribution in [1.29, 1.82) is 10.5 Å². The van der Waals surface area contributed by atoms with E-state index in [1.807, 2.05) is 24.3 Å². The number of anilines is 4. The van der Waals surface area contributed by atoms with Gasteiger partial charge in [0.15, 0.2) is 0 Å². The summed E-state index contributed by atoms with van der Waals surface area (Å²) in [4.78, 5) is 31.4. The van der Waals surface area contributed by atoms with E-state index in [1.54, 1.807) is 82.6 Å². The second-order valence-electron chi connectivity index (χ2n) is 8.38. The molecule has 0 unspecified atom stereocenters. The Labute approximate surface area is 207 Å². The molecule has 6 heteroatoms. The monoisotopic (exact) mass is 464 g/mol. The van der Waals surface area contributed by atoms with Crippen LogP contribution in [0.1, 0.15) is 31.8 Å². The van der Waals surface area contributed by atoms with E-state index in [4.69, 9.17) is 0 Å². The number of para-hydroxylation sites is 2. The van der Waals surface area contributed by atoms with Crippen LogP contribution in [0.2, 0.25) is 0 Å². The number of hydrogen-bond acceptors (Lipinski definition) is 6. The molecule has 4 aromatic rings. The van der Waals surface area contributed by atoms with Gasteiger partial charge in [0.05, 0.1) is 34.6 Å². The normalized spacial score (nSPS) is 15.9. The molecule has 0 radical (unpaired) electrons. The molecule has 6 rings (SSSR count). The first kappa shape index (κ1) is 21.1. The summed E-state index contributed by atoms with van der Waals surface area (Å²) >= 11 is 0. The number of benzene rings is 4. The van der Waals surface area contributed by atoms with E-state index >= 15 is 0 Å². The topological polar surface area (TPSA) is 88.2 Å². The van der Waals surface area contributed by atoms with Crippen molar-refractivity contribution in [1.82, 2.24) is 0 Å². The minimum absolute atomic E-state index is 0.242. The fourth-order valence-corrected chi connectivity index (χ4v) is 4.75. The van der Waals surface area contributed by atoms with Crippen LogP contribution in [-0.4, -0.2) is 11.6 Å². The zero-order chi connectivity index (χ0) is 24.8. The zero-order valence-electron chi connectivity index (χ0n) is 18.8. The number of allylic oxidation sites excluding steroid dienone is 2. The van der Waals surface area contributed by atoms with Gasteiger partial charge in [-0.15, -0.1) is 0 Å². The Kier molecular flexibility index (Phi) is 4.74. The molecule has 2 aliphatic rings. The van der Waals surface area contributed by atoms with Gasteiger partial charge in [0.1, 0.15) is 11.4 Å². The van der Waals surface area contributed by atoms with Crippen molar-refractivity contribution >= 4 is 34.3 Å².